The Morgan fingerprint density at radius 3 is 2.19 bits per heavy atom. The van der Waals surface area contributed by atoms with E-state index in [1.165, 1.54) is 0 Å². The third-order valence-electron chi connectivity index (χ3n) is 2.56. The molecular weight excluding hydrogens is 478 g/mol. The van der Waals surface area contributed by atoms with Crippen molar-refractivity contribution in [1.82, 2.24) is 0 Å². The second-order valence-electron chi connectivity index (χ2n) is 4.06. The second kappa shape index (κ2) is 6.41. The zero-order chi connectivity index (χ0) is 15.7. The molecule has 0 aromatic heterocycles. The average Bonchev–Trinajstić information content (AvgIpc) is 2.37. The molecule has 0 radical (unpaired) electrons. The van der Waals surface area contributed by atoms with E-state index in [9.17, 15) is 13.6 Å². The van der Waals surface area contributed by atoms with Gasteiger partial charge in [-0.25, -0.2) is 8.78 Å². The van der Waals surface area contributed by atoms with Crippen LogP contribution in [0.4, 0.5) is 20.2 Å². The van der Waals surface area contributed by atoms with Crippen LogP contribution in [-0.2, 0) is 0 Å². The van der Waals surface area contributed by atoms with E-state index < -0.39 is 28.8 Å². The molecule has 0 spiro atoms. The van der Waals surface area contributed by atoms with Gasteiger partial charge in [-0.3, -0.25) is 4.79 Å². The first-order chi connectivity index (χ1) is 9.79. The van der Waals surface area contributed by atoms with Gasteiger partial charge in [0.25, 0.3) is 5.91 Å². The van der Waals surface area contributed by atoms with Gasteiger partial charge < -0.3 is 11.1 Å². The van der Waals surface area contributed by atoms with E-state index in [2.05, 4.69) is 53.1 Å². The predicted octanol–water partition coefficient (Wildman–Crippen LogP) is 5.09. The molecule has 0 saturated carbocycles. The van der Waals surface area contributed by atoms with E-state index in [0.717, 1.165) is 16.6 Å². The molecule has 0 saturated heterocycles. The second-order valence-corrected chi connectivity index (χ2v) is 6.68. The van der Waals surface area contributed by atoms with Crippen molar-refractivity contribution < 1.29 is 13.6 Å². The lowest BCUT2D eigenvalue weighted by atomic mass is 10.1. The van der Waals surface area contributed by atoms with Crippen LogP contribution in [0, 0.1) is 11.6 Å². The summed E-state index contributed by atoms with van der Waals surface area (Å²) in [4.78, 5) is 12.1. The number of benzene rings is 2. The number of hydrogen-bond donors (Lipinski definition) is 2. The van der Waals surface area contributed by atoms with Gasteiger partial charge in [0.05, 0.1) is 16.9 Å². The van der Waals surface area contributed by atoms with E-state index in [1.807, 2.05) is 0 Å². The fourth-order valence-electron chi connectivity index (χ4n) is 1.62. The maximum absolute atomic E-state index is 13.8. The minimum atomic E-state index is -0.960. The predicted molar refractivity (Wildman–Crippen MR) is 88.3 cm³/mol. The molecule has 2 rings (SSSR count). The average molecular weight is 485 g/mol. The Labute approximate surface area is 144 Å². The molecule has 0 atom stereocenters. The molecule has 0 aliphatic heterocycles. The number of amides is 1. The van der Waals surface area contributed by atoms with Crippen LogP contribution in [0.3, 0.4) is 0 Å². The smallest absolute Gasteiger partial charge is 0.258 e. The van der Waals surface area contributed by atoms with Gasteiger partial charge in [-0.1, -0.05) is 15.9 Å². The SMILES string of the molecule is Nc1cc(F)cc(C(=O)Nc2c(Br)cc(Br)cc2Br)c1F. The summed E-state index contributed by atoms with van der Waals surface area (Å²) in [5, 5.41) is 2.50. The Balaban J connectivity index is 2.40. The van der Waals surface area contributed by atoms with Gasteiger partial charge >= 0.3 is 0 Å². The van der Waals surface area contributed by atoms with Crippen LogP contribution < -0.4 is 11.1 Å². The van der Waals surface area contributed by atoms with E-state index >= 15 is 0 Å². The lowest BCUT2D eigenvalue weighted by Gasteiger charge is -2.11. The van der Waals surface area contributed by atoms with Crippen molar-refractivity contribution in [2.24, 2.45) is 0 Å². The van der Waals surface area contributed by atoms with Crippen LogP contribution in [0.25, 0.3) is 0 Å². The maximum atomic E-state index is 13.8. The lowest BCUT2D eigenvalue weighted by molar-refractivity contribution is 0.102. The molecule has 2 aromatic rings. The van der Waals surface area contributed by atoms with E-state index in [0.29, 0.717) is 14.6 Å². The summed E-state index contributed by atoms with van der Waals surface area (Å²) in [6.45, 7) is 0. The fourth-order valence-corrected chi connectivity index (χ4v) is 4.07. The molecule has 21 heavy (non-hydrogen) atoms. The number of halogens is 5. The Morgan fingerprint density at radius 1 is 1.05 bits per heavy atom. The summed E-state index contributed by atoms with van der Waals surface area (Å²) in [6, 6.07) is 5.02. The van der Waals surface area contributed by atoms with Gasteiger partial charge in [-0.2, -0.15) is 0 Å². The number of nitrogens with two attached hydrogens (primary N) is 1. The summed E-state index contributed by atoms with van der Waals surface area (Å²) in [6.07, 6.45) is 0. The molecular formula is C13H7Br3F2N2O. The Morgan fingerprint density at radius 2 is 1.62 bits per heavy atom. The van der Waals surface area contributed by atoms with Gasteiger partial charge in [0.2, 0.25) is 0 Å². The molecule has 3 N–H and O–H groups in total. The van der Waals surface area contributed by atoms with Crippen molar-refractivity contribution in [3.8, 4) is 0 Å². The molecule has 8 heteroatoms. The lowest BCUT2D eigenvalue weighted by Crippen LogP contribution is -2.16. The molecule has 110 valence electrons. The van der Waals surface area contributed by atoms with E-state index in [1.54, 1.807) is 12.1 Å². The molecule has 0 aliphatic rings. The number of carbonyl (C=O) groups is 1. The number of carbonyl (C=O) groups excluding carboxylic acids is 1. The van der Waals surface area contributed by atoms with Crippen LogP contribution in [0.15, 0.2) is 37.7 Å². The van der Waals surface area contributed by atoms with Gasteiger partial charge in [0.15, 0.2) is 5.82 Å². The van der Waals surface area contributed by atoms with Crippen molar-refractivity contribution in [2.45, 2.75) is 0 Å². The number of rotatable bonds is 2. The summed E-state index contributed by atoms with van der Waals surface area (Å²) in [5.41, 5.74) is 4.82. The summed E-state index contributed by atoms with van der Waals surface area (Å²) >= 11 is 9.85. The fraction of sp³-hybridized carbons (Fsp3) is 0. The van der Waals surface area contributed by atoms with Crippen LogP contribution in [-0.4, -0.2) is 5.91 Å². The summed E-state index contributed by atoms with van der Waals surface area (Å²) < 4.78 is 29.0. The monoisotopic (exact) mass is 482 g/mol. The van der Waals surface area contributed by atoms with Crippen LogP contribution in [0.1, 0.15) is 10.4 Å². The number of hydrogen-bond acceptors (Lipinski definition) is 2. The van der Waals surface area contributed by atoms with Crippen LogP contribution in [0.5, 0.6) is 0 Å². The summed E-state index contributed by atoms with van der Waals surface area (Å²) in [7, 11) is 0. The molecule has 0 unspecified atom stereocenters. The molecule has 2 aromatic carbocycles. The normalized spacial score (nSPS) is 10.5. The molecule has 3 nitrogen and oxygen atoms in total. The minimum absolute atomic E-state index is 0.394. The minimum Gasteiger partial charge on any atom is -0.396 e. The van der Waals surface area contributed by atoms with Gasteiger partial charge in [-0.05, 0) is 56.1 Å². The molecule has 0 fully saturated rings. The molecule has 0 heterocycles. The first kappa shape index (κ1) is 16.4. The summed E-state index contributed by atoms with van der Waals surface area (Å²) in [5.74, 6) is -2.55. The topological polar surface area (TPSA) is 55.1 Å². The highest BCUT2D eigenvalue weighted by Gasteiger charge is 2.18. The Hall–Kier alpha value is -0.990. The third kappa shape index (κ3) is 3.61. The van der Waals surface area contributed by atoms with Crippen LogP contribution >= 0.6 is 47.8 Å². The van der Waals surface area contributed by atoms with Crippen LogP contribution in [0.2, 0.25) is 0 Å². The van der Waals surface area contributed by atoms with Gasteiger partial charge in [0.1, 0.15) is 5.82 Å². The Kier molecular flexibility index (Phi) is 5.00. The first-order valence-corrected chi connectivity index (χ1v) is 7.88. The first-order valence-electron chi connectivity index (χ1n) is 5.50. The van der Waals surface area contributed by atoms with Crippen molar-refractivity contribution in [1.29, 1.82) is 0 Å². The van der Waals surface area contributed by atoms with Crippen molar-refractivity contribution in [2.75, 3.05) is 11.1 Å². The van der Waals surface area contributed by atoms with Gasteiger partial charge in [-0.15, -0.1) is 0 Å². The number of nitrogen functional groups attached to an aromatic ring is 1. The van der Waals surface area contributed by atoms with E-state index in [4.69, 9.17) is 5.73 Å². The number of anilines is 2. The highest BCUT2D eigenvalue weighted by atomic mass is 79.9. The highest BCUT2D eigenvalue weighted by molar-refractivity contribution is 9.11. The zero-order valence-corrected chi connectivity index (χ0v) is 14.9. The number of nitrogens with one attached hydrogen (secondary N) is 1. The van der Waals surface area contributed by atoms with Gasteiger partial charge in [0, 0.05) is 13.4 Å². The highest BCUT2D eigenvalue weighted by Crippen LogP contribution is 2.34. The maximum Gasteiger partial charge on any atom is 0.258 e. The molecule has 0 bridgehead atoms. The van der Waals surface area contributed by atoms with Crippen molar-refractivity contribution in [3.63, 3.8) is 0 Å². The van der Waals surface area contributed by atoms with Crippen molar-refractivity contribution >= 4 is 65.1 Å². The standard InChI is InChI=1S/C13H7Br3F2N2O/c14-5-1-8(15)12(9(16)2-5)20-13(21)7-3-6(17)4-10(19)11(7)18/h1-4H,19H2,(H,20,21). The molecule has 0 aliphatic carbocycles. The van der Waals surface area contributed by atoms with E-state index in [-0.39, 0.29) is 0 Å². The quantitative estimate of drug-likeness (QED) is 0.584. The van der Waals surface area contributed by atoms with Crippen molar-refractivity contribution in [3.05, 3.63) is 54.9 Å². The molecule has 1 amide bonds. The largest absolute Gasteiger partial charge is 0.396 e. The zero-order valence-electron chi connectivity index (χ0n) is 10.2. The third-order valence-corrected chi connectivity index (χ3v) is 4.26. The Bertz CT molecular complexity index is 715.